The van der Waals surface area contributed by atoms with Crippen molar-refractivity contribution in [3.63, 3.8) is 0 Å². The zero-order chi connectivity index (χ0) is 17.7. The van der Waals surface area contributed by atoms with Crippen LogP contribution in [-0.2, 0) is 6.54 Å². The number of benzene rings is 1. The van der Waals surface area contributed by atoms with Gasteiger partial charge in [0, 0.05) is 18.2 Å². The summed E-state index contributed by atoms with van der Waals surface area (Å²) in [4.78, 5) is 27.8. The first-order chi connectivity index (χ1) is 11.5. The number of amides is 1. The summed E-state index contributed by atoms with van der Waals surface area (Å²) in [5.74, 6) is -0.125. The maximum Gasteiger partial charge on any atom is 0.262 e. The lowest BCUT2D eigenvalue weighted by molar-refractivity contribution is 0.0938. The van der Waals surface area contributed by atoms with Crippen molar-refractivity contribution in [1.29, 1.82) is 0 Å². The molecule has 130 valence electrons. The van der Waals surface area contributed by atoms with Crippen LogP contribution in [0.25, 0.3) is 10.9 Å². The summed E-state index contributed by atoms with van der Waals surface area (Å²) >= 11 is 5.21. The van der Waals surface area contributed by atoms with Crippen LogP contribution >= 0.6 is 12.2 Å². The molecule has 6 heteroatoms. The van der Waals surface area contributed by atoms with Gasteiger partial charge in [0.15, 0.2) is 4.77 Å². The molecular weight excluding hydrogens is 322 g/mol. The number of carbonyl (C=O) groups is 1. The molecule has 24 heavy (non-hydrogen) atoms. The van der Waals surface area contributed by atoms with E-state index < -0.39 is 0 Å². The molecule has 0 radical (unpaired) electrons. The first kappa shape index (κ1) is 18.4. The minimum atomic E-state index is -0.129. The van der Waals surface area contributed by atoms with E-state index in [0.29, 0.717) is 27.8 Å². The van der Waals surface area contributed by atoms with Gasteiger partial charge in [-0.2, -0.15) is 0 Å². The highest BCUT2D eigenvalue weighted by atomic mass is 32.1. The fraction of sp³-hybridized carbons (Fsp3) is 0.500. The molecule has 1 amide bonds. The predicted octanol–water partition coefficient (Wildman–Crippen LogP) is 3.78. The van der Waals surface area contributed by atoms with Crippen molar-refractivity contribution < 1.29 is 4.79 Å². The highest BCUT2D eigenvalue weighted by molar-refractivity contribution is 7.71. The van der Waals surface area contributed by atoms with E-state index in [1.807, 2.05) is 13.8 Å². The molecule has 2 rings (SSSR count). The SMILES string of the molecule is CCCCCC(C)NC(=O)c1ccc2c(=O)n(CC)c(=S)[nH]c2c1. The summed E-state index contributed by atoms with van der Waals surface area (Å²) in [6.07, 6.45) is 4.42. The quantitative estimate of drug-likeness (QED) is 0.592. The Morgan fingerprint density at radius 2 is 2.08 bits per heavy atom. The van der Waals surface area contributed by atoms with Gasteiger partial charge in [0.2, 0.25) is 0 Å². The number of hydrogen-bond donors (Lipinski definition) is 2. The second-order valence-electron chi connectivity index (χ2n) is 6.11. The molecule has 0 aliphatic rings. The lowest BCUT2D eigenvalue weighted by Crippen LogP contribution is -2.32. The maximum atomic E-state index is 12.4. The smallest absolute Gasteiger partial charge is 0.262 e. The van der Waals surface area contributed by atoms with Crippen molar-refractivity contribution >= 4 is 29.0 Å². The zero-order valence-electron chi connectivity index (χ0n) is 14.5. The summed E-state index contributed by atoms with van der Waals surface area (Å²) in [7, 11) is 0. The first-order valence-corrected chi connectivity index (χ1v) is 8.96. The fourth-order valence-electron chi connectivity index (χ4n) is 2.76. The van der Waals surface area contributed by atoms with Crippen molar-refractivity contribution in [1.82, 2.24) is 14.9 Å². The molecule has 2 aromatic rings. The Balaban J connectivity index is 2.23. The first-order valence-electron chi connectivity index (χ1n) is 8.55. The van der Waals surface area contributed by atoms with Gasteiger partial charge in [-0.25, -0.2) is 0 Å². The molecular formula is C18H25N3O2S. The molecule has 0 saturated carbocycles. The topological polar surface area (TPSA) is 66.9 Å². The second-order valence-corrected chi connectivity index (χ2v) is 6.50. The van der Waals surface area contributed by atoms with Crippen LogP contribution in [0.3, 0.4) is 0 Å². The molecule has 0 bridgehead atoms. The van der Waals surface area contributed by atoms with E-state index in [-0.39, 0.29) is 17.5 Å². The van der Waals surface area contributed by atoms with Crippen molar-refractivity contribution in [2.75, 3.05) is 0 Å². The van der Waals surface area contributed by atoms with Crippen molar-refractivity contribution in [3.8, 4) is 0 Å². The normalized spacial score (nSPS) is 12.3. The van der Waals surface area contributed by atoms with Crippen LogP contribution < -0.4 is 10.9 Å². The van der Waals surface area contributed by atoms with Crippen LogP contribution in [0.15, 0.2) is 23.0 Å². The van der Waals surface area contributed by atoms with Crippen molar-refractivity contribution in [3.05, 3.63) is 38.9 Å². The summed E-state index contributed by atoms with van der Waals surface area (Å²) in [5, 5.41) is 3.55. The van der Waals surface area contributed by atoms with Gasteiger partial charge in [-0.15, -0.1) is 0 Å². The van der Waals surface area contributed by atoms with Crippen molar-refractivity contribution in [2.24, 2.45) is 0 Å². The second kappa shape index (κ2) is 8.24. The summed E-state index contributed by atoms with van der Waals surface area (Å²) < 4.78 is 1.88. The number of aromatic nitrogens is 2. The van der Waals surface area contributed by atoms with Crippen LogP contribution in [0.2, 0.25) is 0 Å². The minimum absolute atomic E-state index is 0.125. The number of hydrogen-bond acceptors (Lipinski definition) is 3. The van der Waals surface area contributed by atoms with E-state index in [1.54, 1.807) is 18.2 Å². The Bertz CT molecular complexity index is 838. The van der Waals surface area contributed by atoms with Crippen LogP contribution in [0.4, 0.5) is 0 Å². The van der Waals surface area contributed by atoms with Crippen LogP contribution in [0.1, 0.15) is 56.8 Å². The Morgan fingerprint density at radius 3 is 2.75 bits per heavy atom. The summed E-state index contributed by atoms with van der Waals surface area (Å²) in [6.45, 7) is 6.57. The molecule has 0 spiro atoms. The lowest BCUT2D eigenvalue weighted by atomic mass is 10.1. The standard InChI is InChI=1S/C18H25N3O2S/c1-4-6-7-8-12(3)19-16(22)13-9-10-14-15(11-13)20-18(24)21(5-2)17(14)23/h9-12H,4-8H2,1-3H3,(H,19,22)(H,20,24). The number of nitrogens with zero attached hydrogens (tertiary/aromatic N) is 1. The summed E-state index contributed by atoms with van der Waals surface area (Å²) in [6, 6.07) is 5.20. The third kappa shape index (κ3) is 4.12. The Morgan fingerprint density at radius 1 is 1.33 bits per heavy atom. The largest absolute Gasteiger partial charge is 0.350 e. The highest BCUT2D eigenvalue weighted by Gasteiger charge is 2.12. The van der Waals surface area contributed by atoms with Crippen LogP contribution in [-0.4, -0.2) is 21.5 Å². The van der Waals surface area contributed by atoms with E-state index in [1.165, 1.54) is 17.4 Å². The molecule has 1 unspecified atom stereocenters. The van der Waals surface area contributed by atoms with Crippen LogP contribution in [0.5, 0.6) is 0 Å². The van der Waals surface area contributed by atoms with E-state index >= 15 is 0 Å². The van der Waals surface area contributed by atoms with Gasteiger partial charge >= 0.3 is 0 Å². The minimum Gasteiger partial charge on any atom is -0.350 e. The molecule has 1 aromatic heterocycles. The fourth-order valence-corrected chi connectivity index (χ4v) is 3.08. The van der Waals surface area contributed by atoms with Crippen LogP contribution in [0, 0.1) is 4.77 Å². The van der Waals surface area contributed by atoms with E-state index in [4.69, 9.17) is 12.2 Å². The maximum absolute atomic E-state index is 12.4. The molecule has 1 heterocycles. The predicted molar refractivity (Wildman–Crippen MR) is 100 cm³/mol. The van der Waals surface area contributed by atoms with Crippen molar-refractivity contribution in [2.45, 2.75) is 59.0 Å². The third-order valence-electron chi connectivity index (χ3n) is 4.18. The molecule has 0 aliphatic heterocycles. The Labute approximate surface area is 147 Å². The molecule has 0 saturated heterocycles. The molecule has 1 atom stereocenters. The highest BCUT2D eigenvalue weighted by Crippen LogP contribution is 2.12. The van der Waals surface area contributed by atoms with E-state index in [9.17, 15) is 9.59 Å². The molecule has 1 aromatic carbocycles. The van der Waals surface area contributed by atoms with E-state index in [0.717, 1.165) is 12.8 Å². The third-order valence-corrected chi connectivity index (χ3v) is 4.50. The van der Waals surface area contributed by atoms with Gasteiger partial charge in [0.1, 0.15) is 0 Å². The van der Waals surface area contributed by atoms with Gasteiger partial charge in [-0.3, -0.25) is 14.2 Å². The average molecular weight is 347 g/mol. The number of nitrogens with one attached hydrogen (secondary N) is 2. The molecule has 5 nitrogen and oxygen atoms in total. The Hall–Kier alpha value is -1.95. The zero-order valence-corrected chi connectivity index (χ0v) is 15.3. The number of unbranched alkanes of at least 4 members (excludes halogenated alkanes) is 2. The van der Waals surface area contributed by atoms with E-state index in [2.05, 4.69) is 17.2 Å². The number of rotatable bonds is 7. The Kier molecular flexibility index (Phi) is 6.31. The van der Waals surface area contributed by atoms with Gasteiger partial charge in [-0.05, 0) is 50.7 Å². The number of aromatic amines is 1. The number of carbonyl (C=O) groups excluding carboxylic acids is 1. The number of H-pyrrole nitrogens is 1. The van der Waals surface area contributed by atoms with Gasteiger partial charge in [0.25, 0.3) is 11.5 Å². The molecule has 0 fully saturated rings. The van der Waals surface area contributed by atoms with Gasteiger partial charge < -0.3 is 10.3 Å². The summed E-state index contributed by atoms with van der Waals surface area (Å²) in [5.41, 5.74) is 1.00. The van der Waals surface area contributed by atoms with Gasteiger partial charge in [-0.1, -0.05) is 26.2 Å². The van der Waals surface area contributed by atoms with Gasteiger partial charge in [0.05, 0.1) is 10.9 Å². The lowest BCUT2D eigenvalue weighted by Gasteiger charge is -2.14. The molecule has 2 N–H and O–H groups in total. The monoisotopic (exact) mass is 347 g/mol. The number of fused-ring (bicyclic) bond motifs is 1. The molecule has 0 aliphatic carbocycles. The average Bonchev–Trinajstić information content (AvgIpc) is 2.54.